The van der Waals surface area contributed by atoms with Gasteiger partial charge in [-0.3, -0.25) is 4.90 Å². The molecule has 2 atom stereocenters. The maximum atomic E-state index is 6.04. The molecule has 0 spiro atoms. The van der Waals surface area contributed by atoms with Gasteiger partial charge < -0.3 is 15.4 Å². The summed E-state index contributed by atoms with van der Waals surface area (Å²) in [5, 5.41) is 0. The number of rotatable bonds is 4. The molecule has 0 radical (unpaired) electrons. The third-order valence-electron chi connectivity index (χ3n) is 4.50. The summed E-state index contributed by atoms with van der Waals surface area (Å²) in [7, 11) is 4.43. The van der Waals surface area contributed by atoms with Crippen LogP contribution in [0.2, 0.25) is 0 Å². The molecule has 0 aromatic rings. The summed E-state index contributed by atoms with van der Waals surface area (Å²) < 4.78 is 5.56. The van der Waals surface area contributed by atoms with E-state index in [0.29, 0.717) is 5.92 Å². The normalized spacial score (nSPS) is 35.6. The lowest BCUT2D eigenvalue weighted by atomic mass is 9.93. The van der Waals surface area contributed by atoms with Gasteiger partial charge in [-0.15, -0.1) is 0 Å². The minimum atomic E-state index is 0.201. The number of nitrogens with zero attached hydrogens (tertiary/aromatic N) is 2. The Morgan fingerprint density at radius 1 is 1.53 bits per heavy atom. The van der Waals surface area contributed by atoms with Crippen LogP contribution >= 0.6 is 0 Å². The molecule has 100 valence electrons. The van der Waals surface area contributed by atoms with Crippen LogP contribution in [-0.2, 0) is 4.74 Å². The van der Waals surface area contributed by atoms with Crippen LogP contribution < -0.4 is 5.73 Å². The fraction of sp³-hybridized carbons (Fsp3) is 1.00. The SMILES string of the molecule is CN1CCC(CN)(N(C)CC2CCCOC2)C1. The van der Waals surface area contributed by atoms with Gasteiger partial charge in [0.1, 0.15) is 0 Å². The van der Waals surface area contributed by atoms with Crippen LogP contribution in [0.3, 0.4) is 0 Å². The molecule has 2 aliphatic rings. The van der Waals surface area contributed by atoms with Gasteiger partial charge in [0.15, 0.2) is 0 Å². The molecule has 2 fully saturated rings. The topological polar surface area (TPSA) is 41.7 Å². The molecule has 2 heterocycles. The van der Waals surface area contributed by atoms with Crippen molar-refractivity contribution in [2.75, 3.05) is 53.5 Å². The van der Waals surface area contributed by atoms with Crippen molar-refractivity contribution in [3.63, 3.8) is 0 Å². The Hall–Kier alpha value is -0.160. The van der Waals surface area contributed by atoms with Gasteiger partial charge in [0.2, 0.25) is 0 Å². The molecule has 2 N–H and O–H groups in total. The molecule has 0 bridgehead atoms. The molecular formula is C13H27N3O. The Morgan fingerprint density at radius 3 is 2.88 bits per heavy atom. The van der Waals surface area contributed by atoms with E-state index in [1.807, 2.05) is 0 Å². The zero-order valence-corrected chi connectivity index (χ0v) is 11.3. The van der Waals surface area contributed by atoms with Gasteiger partial charge in [-0.25, -0.2) is 0 Å². The second-order valence-electron chi connectivity index (χ2n) is 5.88. The highest BCUT2D eigenvalue weighted by molar-refractivity contribution is 4.98. The zero-order chi connectivity index (χ0) is 12.3. The van der Waals surface area contributed by atoms with E-state index in [9.17, 15) is 0 Å². The van der Waals surface area contributed by atoms with Crippen molar-refractivity contribution in [1.29, 1.82) is 0 Å². The maximum absolute atomic E-state index is 6.04. The van der Waals surface area contributed by atoms with E-state index in [2.05, 4.69) is 23.9 Å². The smallest absolute Gasteiger partial charge is 0.0506 e. The summed E-state index contributed by atoms with van der Waals surface area (Å²) in [6.07, 6.45) is 3.72. The Balaban J connectivity index is 1.90. The summed E-state index contributed by atoms with van der Waals surface area (Å²) in [6.45, 7) is 6.05. The first-order chi connectivity index (χ1) is 8.16. The highest BCUT2D eigenvalue weighted by Gasteiger charge is 2.39. The Labute approximate surface area is 105 Å². The lowest BCUT2D eigenvalue weighted by Crippen LogP contribution is -2.55. The molecule has 0 amide bonds. The number of likely N-dealkylation sites (N-methyl/N-ethyl adjacent to an activating group) is 2. The highest BCUT2D eigenvalue weighted by atomic mass is 16.5. The third kappa shape index (κ3) is 2.99. The van der Waals surface area contributed by atoms with Gasteiger partial charge in [0, 0.05) is 31.8 Å². The van der Waals surface area contributed by atoms with Crippen molar-refractivity contribution in [2.24, 2.45) is 11.7 Å². The van der Waals surface area contributed by atoms with Crippen LogP contribution in [-0.4, -0.2) is 68.8 Å². The van der Waals surface area contributed by atoms with E-state index >= 15 is 0 Å². The molecule has 2 rings (SSSR count). The first kappa shape index (κ1) is 13.3. The standard InChI is InChI=1S/C13H27N3O/c1-15-6-5-13(10-14,11-15)16(2)8-12-4-3-7-17-9-12/h12H,3-11,14H2,1-2H3. The minimum Gasteiger partial charge on any atom is -0.381 e. The van der Waals surface area contributed by atoms with E-state index in [-0.39, 0.29) is 5.54 Å². The van der Waals surface area contributed by atoms with E-state index in [4.69, 9.17) is 10.5 Å². The maximum Gasteiger partial charge on any atom is 0.0506 e. The predicted molar refractivity (Wildman–Crippen MR) is 70.1 cm³/mol. The first-order valence-electron chi connectivity index (χ1n) is 6.84. The van der Waals surface area contributed by atoms with Crippen molar-refractivity contribution in [3.8, 4) is 0 Å². The van der Waals surface area contributed by atoms with Gasteiger partial charge in [0.05, 0.1) is 6.61 Å². The summed E-state index contributed by atoms with van der Waals surface area (Å²) in [5.41, 5.74) is 6.24. The van der Waals surface area contributed by atoms with E-state index in [1.165, 1.54) is 25.8 Å². The van der Waals surface area contributed by atoms with Crippen LogP contribution in [0.4, 0.5) is 0 Å². The third-order valence-corrected chi connectivity index (χ3v) is 4.50. The highest BCUT2D eigenvalue weighted by Crippen LogP contribution is 2.27. The number of hydrogen-bond donors (Lipinski definition) is 1. The predicted octanol–water partition coefficient (Wildman–Crippen LogP) is 0.378. The van der Waals surface area contributed by atoms with Crippen LogP contribution in [0.5, 0.6) is 0 Å². The van der Waals surface area contributed by atoms with Gasteiger partial charge in [-0.1, -0.05) is 0 Å². The molecule has 0 aliphatic carbocycles. The van der Waals surface area contributed by atoms with Crippen molar-refractivity contribution >= 4 is 0 Å². The summed E-state index contributed by atoms with van der Waals surface area (Å²) in [4.78, 5) is 4.89. The minimum absolute atomic E-state index is 0.201. The first-order valence-corrected chi connectivity index (χ1v) is 6.84. The molecule has 0 aromatic carbocycles. The quantitative estimate of drug-likeness (QED) is 0.772. The lowest BCUT2D eigenvalue weighted by Gasteiger charge is -2.40. The van der Waals surface area contributed by atoms with Crippen molar-refractivity contribution < 1.29 is 4.74 Å². The van der Waals surface area contributed by atoms with Gasteiger partial charge in [-0.05, 0) is 45.8 Å². The van der Waals surface area contributed by atoms with Crippen LogP contribution in [0.1, 0.15) is 19.3 Å². The van der Waals surface area contributed by atoms with Crippen molar-refractivity contribution in [1.82, 2.24) is 9.80 Å². The van der Waals surface area contributed by atoms with Crippen LogP contribution in [0.15, 0.2) is 0 Å². The fourth-order valence-corrected chi connectivity index (χ4v) is 3.23. The largest absolute Gasteiger partial charge is 0.381 e. The van der Waals surface area contributed by atoms with E-state index in [0.717, 1.165) is 32.8 Å². The number of hydrogen-bond acceptors (Lipinski definition) is 4. The average molecular weight is 241 g/mol. The molecule has 2 aliphatic heterocycles. The fourth-order valence-electron chi connectivity index (χ4n) is 3.23. The molecule has 0 saturated carbocycles. The molecule has 2 unspecified atom stereocenters. The summed E-state index contributed by atoms with van der Waals surface area (Å²) >= 11 is 0. The zero-order valence-electron chi connectivity index (χ0n) is 11.3. The van der Waals surface area contributed by atoms with Gasteiger partial charge in [0.25, 0.3) is 0 Å². The Bertz CT molecular complexity index is 243. The van der Waals surface area contributed by atoms with Gasteiger partial charge in [-0.2, -0.15) is 0 Å². The average Bonchev–Trinajstić information content (AvgIpc) is 2.73. The molecule has 17 heavy (non-hydrogen) atoms. The van der Waals surface area contributed by atoms with Crippen molar-refractivity contribution in [2.45, 2.75) is 24.8 Å². The van der Waals surface area contributed by atoms with E-state index < -0.39 is 0 Å². The lowest BCUT2D eigenvalue weighted by molar-refractivity contribution is 0.0225. The molecule has 2 saturated heterocycles. The molecule has 0 aromatic heterocycles. The van der Waals surface area contributed by atoms with Crippen LogP contribution in [0.25, 0.3) is 0 Å². The summed E-state index contributed by atoms with van der Waals surface area (Å²) in [5.74, 6) is 0.697. The number of likely N-dealkylation sites (tertiary alicyclic amines) is 1. The van der Waals surface area contributed by atoms with E-state index in [1.54, 1.807) is 0 Å². The van der Waals surface area contributed by atoms with Crippen molar-refractivity contribution in [3.05, 3.63) is 0 Å². The Morgan fingerprint density at radius 2 is 2.35 bits per heavy atom. The molecule has 4 heteroatoms. The van der Waals surface area contributed by atoms with Crippen LogP contribution in [0, 0.1) is 5.92 Å². The second-order valence-corrected chi connectivity index (χ2v) is 5.88. The monoisotopic (exact) mass is 241 g/mol. The second kappa shape index (κ2) is 5.65. The Kier molecular flexibility index (Phi) is 4.42. The number of ether oxygens (including phenoxy) is 1. The molecule has 4 nitrogen and oxygen atoms in total. The number of nitrogens with two attached hydrogens (primary N) is 1. The molecular weight excluding hydrogens is 214 g/mol. The van der Waals surface area contributed by atoms with Gasteiger partial charge >= 0.3 is 0 Å². The summed E-state index contributed by atoms with van der Waals surface area (Å²) in [6, 6.07) is 0.